The van der Waals surface area contributed by atoms with E-state index in [1.807, 2.05) is 54.6 Å². The van der Waals surface area contributed by atoms with E-state index in [4.69, 9.17) is 17.2 Å². The molecule has 132 valence electrons. The maximum absolute atomic E-state index is 12.5. The van der Waals surface area contributed by atoms with E-state index in [0.29, 0.717) is 29.9 Å². The van der Waals surface area contributed by atoms with Crippen molar-refractivity contribution >= 4 is 23.1 Å². The van der Waals surface area contributed by atoms with Gasteiger partial charge in [-0.05, 0) is 41.7 Å². The van der Waals surface area contributed by atoms with Crippen molar-refractivity contribution in [1.29, 1.82) is 0 Å². The van der Waals surface area contributed by atoms with Gasteiger partial charge in [-0.15, -0.1) is 0 Å². The van der Waals surface area contributed by atoms with Crippen LogP contribution in [0.3, 0.4) is 0 Å². The van der Waals surface area contributed by atoms with Crippen LogP contribution < -0.4 is 17.2 Å². The average Bonchev–Trinajstić information content (AvgIpc) is 2.65. The van der Waals surface area contributed by atoms with Crippen LogP contribution in [0.2, 0.25) is 0 Å². The van der Waals surface area contributed by atoms with E-state index < -0.39 is 0 Å². The minimum absolute atomic E-state index is 0.123. The summed E-state index contributed by atoms with van der Waals surface area (Å²) in [5, 5.41) is 0. The van der Waals surface area contributed by atoms with Crippen LogP contribution in [0.4, 0.5) is 17.3 Å². The quantitative estimate of drug-likeness (QED) is 0.594. The second-order valence-electron chi connectivity index (χ2n) is 6.29. The van der Waals surface area contributed by atoms with Crippen LogP contribution in [0.15, 0.2) is 60.7 Å². The van der Waals surface area contributed by atoms with E-state index >= 15 is 0 Å². The van der Waals surface area contributed by atoms with E-state index in [-0.39, 0.29) is 11.6 Å². The molecule has 3 aromatic rings. The van der Waals surface area contributed by atoms with E-state index in [1.165, 1.54) is 0 Å². The van der Waals surface area contributed by atoms with Crippen LogP contribution in [-0.4, -0.2) is 10.8 Å². The van der Waals surface area contributed by atoms with Gasteiger partial charge < -0.3 is 17.2 Å². The van der Waals surface area contributed by atoms with Gasteiger partial charge in [-0.2, -0.15) is 0 Å². The first-order valence-electron chi connectivity index (χ1n) is 8.49. The Hall–Kier alpha value is -3.34. The number of pyridine rings is 1. The first-order chi connectivity index (χ1) is 12.5. The number of hydrogen-bond acceptors (Lipinski definition) is 5. The molecule has 1 aromatic heterocycles. The van der Waals surface area contributed by atoms with Crippen molar-refractivity contribution in [3.05, 3.63) is 82.9 Å². The van der Waals surface area contributed by atoms with Crippen molar-refractivity contribution in [1.82, 2.24) is 4.98 Å². The molecule has 0 aliphatic rings. The monoisotopic (exact) mass is 346 g/mol. The van der Waals surface area contributed by atoms with E-state index in [2.05, 4.69) is 4.98 Å². The van der Waals surface area contributed by atoms with E-state index in [0.717, 1.165) is 23.1 Å². The highest BCUT2D eigenvalue weighted by Gasteiger charge is 2.10. The summed E-state index contributed by atoms with van der Waals surface area (Å²) in [6, 6.07) is 19.3. The third-order valence-electron chi connectivity index (χ3n) is 4.32. The van der Waals surface area contributed by atoms with Crippen molar-refractivity contribution in [2.45, 2.75) is 19.3 Å². The normalized spacial score (nSPS) is 10.6. The zero-order chi connectivity index (χ0) is 18.5. The third kappa shape index (κ3) is 4.19. The maximum Gasteiger partial charge on any atom is 0.163 e. The number of aromatic nitrogens is 1. The number of carbonyl (C=O) groups excluding carboxylic acids is 1. The van der Waals surface area contributed by atoms with Crippen LogP contribution in [0.25, 0.3) is 0 Å². The van der Waals surface area contributed by atoms with Gasteiger partial charge in [-0.3, -0.25) is 4.79 Å². The molecule has 26 heavy (non-hydrogen) atoms. The van der Waals surface area contributed by atoms with Gasteiger partial charge in [0.25, 0.3) is 0 Å². The summed E-state index contributed by atoms with van der Waals surface area (Å²) in [7, 11) is 0. The Morgan fingerprint density at radius 2 is 1.62 bits per heavy atom. The highest BCUT2D eigenvalue weighted by Crippen LogP contribution is 2.23. The number of ketones is 1. The van der Waals surface area contributed by atoms with Crippen molar-refractivity contribution < 1.29 is 4.79 Å². The molecule has 2 aromatic carbocycles. The molecule has 0 unspecified atom stereocenters. The number of benzene rings is 2. The molecule has 0 bridgehead atoms. The second kappa shape index (κ2) is 7.70. The fourth-order valence-corrected chi connectivity index (χ4v) is 2.92. The number of nitrogens with zero attached hydrogens (tertiary/aromatic N) is 1. The van der Waals surface area contributed by atoms with Crippen LogP contribution >= 0.6 is 0 Å². The largest absolute Gasteiger partial charge is 0.396 e. The smallest absolute Gasteiger partial charge is 0.163 e. The molecular weight excluding hydrogens is 324 g/mol. The zero-order valence-electron chi connectivity index (χ0n) is 14.5. The highest BCUT2D eigenvalue weighted by molar-refractivity contribution is 5.96. The first-order valence-corrected chi connectivity index (χ1v) is 8.49. The van der Waals surface area contributed by atoms with Gasteiger partial charge in [-0.1, -0.05) is 48.5 Å². The summed E-state index contributed by atoms with van der Waals surface area (Å²) >= 11 is 0. The molecule has 0 amide bonds. The fraction of sp³-hybridized carbons (Fsp3) is 0.143. The van der Waals surface area contributed by atoms with Gasteiger partial charge in [-0.25, -0.2) is 4.98 Å². The summed E-state index contributed by atoms with van der Waals surface area (Å²) in [6.45, 7) is 0. The number of anilines is 3. The van der Waals surface area contributed by atoms with Gasteiger partial charge in [0.1, 0.15) is 11.6 Å². The van der Waals surface area contributed by atoms with E-state index in [9.17, 15) is 4.79 Å². The molecule has 5 heteroatoms. The Morgan fingerprint density at radius 1 is 0.885 bits per heavy atom. The van der Waals surface area contributed by atoms with Gasteiger partial charge >= 0.3 is 0 Å². The van der Waals surface area contributed by atoms with Gasteiger partial charge in [0.05, 0.1) is 5.69 Å². The minimum Gasteiger partial charge on any atom is -0.396 e. The van der Waals surface area contributed by atoms with Crippen LogP contribution in [0.1, 0.15) is 33.5 Å². The molecule has 0 atom stereocenters. The second-order valence-corrected chi connectivity index (χ2v) is 6.29. The molecule has 0 aliphatic carbocycles. The Morgan fingerprint density at radius 3 is 2.38 bits per heavy atom. The van der Waals surface area contributed by atoms with Crippen LogP contribution in [-0.2, 0) is 12.8 Å². The molecule has 3 rings (SSSR count). The van der Waals surface area contributed by atoms with Crippen LogP contribution in [0, 0.1) is 0 Å². The number of aryl methyl sites for hydroxylation is 1. The van der Waals surface area contributed by atoms with Gasteiger partial charge in [0, 0.05) is 12.0 Å². The number of rotatable bonds is 6. The standard InChI is InChI=1S/C21H22N4O/c22-19-13-17(20(23)21(24)25-19)12-15-7-4-8-16(11-15)18(26)10-9-14-5-2-1-3-6-14/h1-8,11,13H,9-10,12,23H2,(H4,22,24,25). The number of carbonyl (C=O) groups is 1. The summed E-state index contributed by atoms with van der Waals surface area (Å²) in [4.78, 5) is 16.5. The Balaban J connectivity index is 1.73. The Kier molecular flexibility index (Phi) is 5.17. The molecule has 0 fully saturated rings. The predicted molar refractivity (Wildman–Crippen MR) is 106 cm³/mol. The molecule has 0 radical (unpaired) electrons. The summed E-state index contributed by atoms with van der Waals surface area (Å²) in [5.74, 6) is 0.689. The summed E-state index contributed by atoms with van der Waals surface area (Å²) < 4.78 is 0. The lowest BCUT2D eigenvalue weighted by molar-refractivity contribution is 0.0982. The lowest BCUT2D eigenvalue weighted by Crippen LogP contribution is -2.06. The molecule has 0 spiro atoms. The minimum atomic E-state index is 0.123. The average molecular weight is 346 g/mol. The van der Waals surface area contributed by atoms with Crippen molar-refractivity contribution in [3.63, 3.8) is 0 Å². The summed E-state index contributed by atoms with van der Waals surface area (Å²) in [6.07, 6.45) is 1.75. The summed E-state index contributed by atoms with van der Waals surface area (Å²) in [5.41, 5.74) is 21.6. The molecule has 0 aliphatic heterocycles. The zero-order valence-corrected chi connectivity index (χ0v) is 14.5. The number of nitrogens with two attached hydrogens (primary N) is 3. The molecule has 0 saturated heterocycles. The number of Topliss-reactive ketones (excluding diaryl/α,β-unsaturated/α-hetero) is 1. The fourth-order valence-electron chi connectivity index (χ4n) is 2.92. The number of hydrogen-bond donors (Lipinski definition) is 3. The molecule has 6 N–H and O–H groups in total. The van der Waals surface area contributed by atoms with Crippen molar-refractivity contribution in [2.24, 2.45) is 0 Å². The Labute approximate surface area is 152 Å². The van der Waals surface area contributed by atoms with Gasteiger partial charge in [0.15, 0.2) is 5.78 Å². The first kappa shape index (κ1) is 17.5. The Bertz CT molecular complexity index is 923. The third-order valence-corrected chi connectivity index (χ3v) is 4.32. The van der Waals surface area contributed by atoms with Crippen molar-refractivity contribution in [2.75, 3.05) is 17.2 Å². The molecule has 5 nitrogen and oxygen atoms in total. The highest BCUT2D eigenvalue weighted by atomic mass is 16.1. The maximum atomic E-state index is 12.5. The predicted octanol–water partition coefficient (Wildman–Crippen LogP) is 3.23. The topological polar surface area (TPSA) is 108 Å². The molecule has 0 saturated carbocycles. The van der Waals surface area contributed by atoms with E-state index in [1.54, 1.807) is 6.07 Å². The lowest BCUT2D eigenvalue weighted by Gasteiger charge is -2.10. The van der Waals surface area contributed by atoms with Crippen LogP contribution in [0.5, 0.6) is 0 Å². The lowest BCUT2D eigenvalue weighted by atomic mass is 9.98. The SMILES string of the molecule is Nc1cc(Cc2cccc(C(=O)CCc3ccccc3)c2)c(N)c(N)n1. The molecular formula is C21H22N4O. The number of nitrogen functional groups attached to an aromatic ring is 3. The molecule has 1 heterocycles. The van der Waals surface area contributed by atoms with Gasteiger partial charge in [0.2, 0.25) is 0 Å². The van der Waals surface area contributed by atoms with Crippen molar-refractivity contribution in [3.8, 4) is 0 Å².